The summed E-state index contributed by atoms with van der Waals surface area (Å²) < 4.78 is 1.78. The second kappa shape index (κ2) is 3.45. The maximum Gasteiger partial charge on any atom is 0.136 e. The third-order valence-corrected chi connectivity index (χ3v) is 2.24. The summed E-state index contributed by atoms with van der Waals surface area (Å²) in [5.74, 6) is 0. The lowest BCUT2D eigenvalue weighted by Crippen LogP contribution is -2.14. The minimum atomic E-state index is -0.189. The molecule has 76 valence electrons. The average Bonchev–Trinajstić information content (AvgIpc) is 2.45. The third kappa shape index (κ3) is 1.95. The van der Waals surface area contributed by atoms with Crippen LogP contribution < -0.4 is 0 Å². The summed E-state index contributed by atoms with van der Waals surface area (Å²) in [6.45, 7) is 10.2. The van der Waals surface area contributed by atoms with Crippen molar-refractivity contribution < 1.29 is 0 Å². The predicted molar refractivity (Wildman–Crippen MR) is 56.0 cm³/mol. The molecule has 0 fully saturated rings. The van der Waals surface area contributed by atoms with E-state index in [2.05, 4.69) is 31.9 Å². The zero-order valence-corrected chi connectivity index (χ0v) is 9.50. The van der Waals surface area contributed by atoms with E-state index in [1.165, 1.54) is 0 Å². The van der Waals surface area contributed by atoms with E-state index in [-0.39, 0.29) is 11.5 Å². The van der Waals surface area contributed by atoms with Crippen LogP contribution in [0.5, 0.6) is 0 Å². The lowest BCUT2D eigenvalue weighted by atomic mass is 9.92. The van der Waals surface area contributed by atoms with Gasteiger partial charge >= 0.3 is 0 Å². The first-order valence-corrected chi connectivity index (χ1v) is 4.82. The molecule has 0 bridgehead atoms. The van der Waals surface area contributed by atoms with Gasteiger partial charge < -0.3 is 0 Å². The molecule has 0 aliphatic rings. The van der Waals surface area contributed by atoms with E-state index in [9.17, 15) is 0 Å². The number of nitrogens with zero attached hydrogens (tertiary/aromatic N) is 3. The topological polar surface area (TPSA) is 41.6 Å². The molecular formula is C11H17N3. The van der Waals surface area contributed by atoms with Gasteiger partial charge in [-0.05, 0) is 19.9 Å². The number of hydrogen-bond acceptors (Lipinski definition) is 2. The monoisotopic (exact) mass is 191 g/mol. The third-order valence-electron chi connectivity index (χ3n) is 2.24. The SMILES string of the molecule is Cc1cc(C(C)(C)C)nn1[C@@H](C)C#N. The zero-order chi connectivity index (χ0) is 10.9. The van der Waals surface area contributed by atoms with Gasteiger partial charge in [-0.3, -0.25) is 4.68 Å². The van der Waals surface area contributed by atoms with Crippen LogP contribution in [-0.2, 0) is 5.41 Å². The van der Waals surface area contributed by atoms with E-state index in [4.69, 9.17) is 5.26 Å². The van der Waals surface area contributed by atoms with Crippen LogP contribution in [0.1, 0.15) is 45.1 Å². The minimum absolute atomic E-state index is 0.0468. The Morgan fingerprint density at radius 2 is 2.07 bits per heavy atom. The molecule has 0 amide bonds. The molecule has 0 unspecified atom stereocenters. The van der Waals surface area contributed by atoms with Crippen molar-refractivity contribution in [2.24, 2.45) is 0 Å². The molecule has 0 N–H and O–H groups in total. The number of nitriles is 1. The van der Waals surface area contributed by atoms with E-state index in [0.29, 0.717) is 0 Å². The van der Waals surface area contributed by atoms with E-state index in [1.807, 2.05) is 19.9 Å². The molecule has 0 spiro atoms. The molecule has 3 nitrogen and oxygen atoms in total. The predicted octanol–water partition coefficient (Wildman–Crippen LogP) is 2.57. The smallest absolute Gasteiger partial charge is 0.136 e. The molecule has 0 aromatic carbocycles. The van der Waals surface area contributed by atoms with Crippen LogP contribution in [0, 0.1) is 18.3 Å². The van der Waals surface area contributed by atoms with Gasteiger partial charge in [0.15, 0.2) is 0 Å². The second-order valence-corrected chi connectivity index (χ2v) is 4.67. The number of aromatic nitrogens is 2. The Balaban J connectivity index is 3.13. The molecule has 0 aliphatic carbocycles. The van der Waals surface area contributed by atoms with Gasteiger partial charge in [-0.25, -0.2) is 0 Å². The Kier molecular flexibility index (Phi) is 2.66. The van der Waals surface area contributed by atoms with E-state index < -0.39 is 0 Å². The normalized spacial score (nSPS) is 13.7. The lowest BCUT2D eigenvalue weighted by Gasteiger charge is -2.14. The van der Waals surface area contributed by atoms with Crippen molar-refractivity contribution in [3.8, 4) is 6.07 Å². The van der Waals surface area contributed by atoms with Gasteiger partial charge in [0.1, 0.15) is 6.04 Å². The molecule has 1 atom stereocenters. The summed E-state index contributed by atoms with van der Waals surface area (Å²) in [5.41, 5.74) is 2.13. The van der Waals surface area contributed by atoms with Crippen LogP contribution in [0.2, 0.25) is 0 Å². The molecule has 14 heavy (non-hydrogen) atoms. The highest BCUT2D eigenvalue weighted by molar-refractivity contribution is 5.17. The fraction of sp³-hybridized carbons (Fsp3) is 0.636. The first kappa shape index (κ1) is 10.8. The summed E-state index contributed by atoms with van der Waals surface area (Å²) in [6, 6.07) is 4.05. The van der Waals surface area contributed by atoms with Crippen LogP contribution in [0.15, 0.2) is 6.07 Å². The standard InChI is InChI=1S/C11H17N3/c1-8-6-10(11(3,4)5)13-14(8)9(2)7-12/h6,9H,1-5H3/t9-/m0/s1. The Labute approximate surface area is 85.4 Å². The first-order chi connectivity index (χ1) is 6.36. The van der Waals surface area contributed by atoms with Gasteiger partial charge in [0.05, 0.1) is 11.8 Å². The Morgan fingerprint density at radius 1 is 1.50 bits per heavy atom. The maximum atomic E-state index is 8.81. The van der Waals surface area contributed by atoms with Crippen molar-refractivity contribution in [2.45, 2.75) is 46.1 Å². The van der Waals surface area contributed by atoms with Gasteiger partial charge in [-0.2, -0.15) is 10.4 Å². The van der Waals surface area contributed by atoms with Crippen molar-refractivity contribution in [3.63, 3.8) is 0 Å². The molecule has 1 aromatic heterocycles. The highest BCUT2D eigenvalue weighted by Crippen LogP contribution is 2.22. The first-order valence-electron chi connectivity index (χ1n) is 4.82. The molecule has 0 saturated carbocycles. The van der Waals surface area contributed by atoms with E-state index in [1.54, 1.807) is 4.68 Å². The molecular weight excluding hydrogens is 174 g/mol. The van der Waals surface area contributed by atoms with Crippen LogP contribution in [-0.4, -0.2) is 9.78 Å². The van der Waals surface area contributed by atoms with Crippen LogP contribution in [0.4, 0.5) is 0 Å². The quantitative estimate of drug-likeness (QED) is 0.684. The van der Waals surface area contributed by atoms with Crippen molar-refractivity contribution in [3.05, 3.63) is 17.5 Å². The molecule has 0 aliphatic heterocycles. The van der Waals surface area contributed by atoms with Gasteiger partial charge in [0, 0.05) is 11.1 Å². The summed E-state index contributed by atoms with van der Waals surface area (Å²) in [7, 11) is 0. The molecule has 1 rings (SSSR count). The van der Waals surface area contributed by atoms with Crippen molar-refractivity contribution in [2.75, 3.05) is 0 Å². The van der Waals surface area contributed by atoms with Gasteiger partial charge in [0.25, 0.3) is 0 Å². The van der Waals surface area contributed by atoms with Gasteiger partial charge in [0.2, 0.25) is 0 Å². The Hall–Kier alpha value is -1.30. The van der Waals surface area contributed by atoms with E-state index >= 15 is 0 Å². The van der Waals surface area contributed by atoms with E-state index in [0.717, 1.165) is 11.4 Å². The maximum absolute atomic E-state index is 8.81. The summed E-state index contributed by atoms with van der Waals surface area (Å²) in [5, 5.41) is 13.3. The van der Waals surface area contributed by atoms with Crippen LogP contribution in [0.25, 0.3) is 0 Å². The highest BCUT2D eigenvalue weighted by Gasteiger charge is 2.19. The van der Waals surface area contributed by atoms with Crippen molar-refractivity contribution >= 4 is 0 Å². The summed E-state index contributed by atoms with van der Waals surface area (Å²) >= 11 is 0. The Morgan fingerprint density at radius 3 is 2.43 bits per heavy atom. The Bertz CT molecular complexity index is 363. The summed E-state index contributed by atoms with van der Waals surface area (Å²) in [6.07, 6.45) is 0. The molecule has 1 aromatic rings. The molecule has 0 radical (unpaired) electrons. The second-order valence-electron chi connectivity index (χ2n) is 4.67. The fourth-order valence-electron chi connectivity index (χ4n) is 1.30. The average molecular weight is 191 g/mol. The van der Waals surface area contributed by atoms with Crippen LogP contribution >= 0.6 is 0 Å². The van der Waals surface area contributed by atoms with Crippen molar-refractivity contribution in [1.82, 2.24) is 9.78 Å². The number of aryl methyl sites for hydroxylation is 1. The molecule has 1 heterocycles. The van der Waals surface area contributed by atoms with Gasteiger partial charge in [-0.15, -0.1) is 0 Å². The molecule has 3 heteroatoms. The number of rotatable bonds is 1. The largest absolute Gasteiger partial charge is 0.253 e. The zero-order valence-electron chi connectivity index (χ0n) is 9.50. The van der Waals surface area contributed by atoms with Gasteiger partial charge in [-0.1, -0.05) is 20.8 Å². The fourth-order valence-corrected chi connectivity index (χ4v) is 1.30. The highest BCUT2D eigenvalue weighted by atomic mass is 15.3. The summed E-state index contributed by atoms with van der Waals surface area (Å²) in [4.78, 5) is 0. The van der Waals surface area contributed by atoms with Crippen molar-refractivity contribution in [1.29, 1.82) is 5.26 Å². The minimum Gasteiger partial charge on any atom is -0.253 e. The molecule has 0 saturated heterocycles. The van der Waals surface area contributed by atoms with Crippen LogP contribution in [0.3, 0.4) is 0 Å². The number of hydrogen-bond donors (Lipinski definition) is 0. The lowest BCUT2D eigenvalue weighted by molar-refractivity contribution is 0.518.